The lowest BCUT2D eigenvalue weighted by Crippen LogP contribution is -2.44. The summed E-state index contributed by atoms with van der Waals surface area (Å²) in [6.07, 6.45) is 3.83. The molecule has 0 bridgehead atoms. The predicted octanol–water partition coefficient (Wildman–Crippen LogP) is 2.48. The van der Waals surface area contributed by atoms with Crippen molar-refractivity contribution in [1.82, 2.24) is 14.5 Å². The first-order valence-corrected chi connectivity index (χ1v) is 7.50. The number of piperazine rings is 1. The number of pyridine rings is 1. The molecule has 4 heteroatoms. The number of hydrogen-bond acceptors (Lipinski definition) is 3. The van der Waals surface area contributed by atoms with Crippen LogP contribution in [0, 0.1) is 0 Å². The summed E-state index contributed by atoms with van der Waals surface area (Å²) in [6, 6.07) is 8.90. The molecule has 1 aliphatic heterocycles. The Balaban J connectivity index is 1.83. The highest BCUT2D eigenvalue weighted by molar-refractivity contribution is 6.08. The topological polar surface area (TPSA) is 24.3 Å². The highest BCUT2D eigenvalue weighted by Gasteiger charge is 2.16. The molecule has 0 atom stereocenters. The second-order valence-corrected chi connectivity index (χ2v) is 5.94. The quantitative estimate of drug-likeness (QED) is 0.684. The first-order valence-electron chi connectivity index (χ1n) is 7.50. The molecule has 0 unspecified atom stereocenters. The van der Waals surface area contributed by atoms with Crippen molar-refractivity contribution in [2.24, 2.45) is 7.05 Å². The number of anilines is 1. The Labute approximate surface area is 124 Å². The van der Waals surface area contributed by atoms with Crippen LogP contribution in [0.15, 0.2) is 36.7 Å². The van der Waals surface area contributed by atoms with Crippen LogP contribution < -0.4 is 4.90 Å². The summed E-state index contributed by atoms with van der Waals surface area (Å²) in [5.74, 6) is 0. The second kappa shape index (κ2) is 4.74. The Hall–Kier alpha value is -2.07. The van der Waals surface area contributed by atoms with E-state index in [4.69, 9.17) is 0 Å². The maximum Gasteiger partial charge on any atom is 0.0519 e. The molecule has 0 amide bonds. The fourth-order valence-electron chi connectivity index (χ4n) is 3.30. The summed E-state index contributed by atoms with van der Waals surface area (Å²) >= 11 is 0. The average molecular weight is 280 g/mol. The third kappa shape index (κ3) is 1.98. The molecule has 0 N–H and O–H groups in total. The average Bonchev–Trinajstić information content (AvgIpc) is 2.81. The van der Waals surface area contributed by atoms with E-state index in [2.05, 4.69) is 57.7 Å². The van der Waals surface area contributed by atoms with Crippen molar-refractivity contribution in [1.29, 1.82) is 0 Å². The van der Waals surface area contributed by atoms with E-state index in [1.165, 1.54) is 27.5 Å². The van der Waals surface area contributed by atoms with E-state index in [9.17, 15) is 0 Å². The minimum atomic E-state index is 1.10. The zero-order valence-corrected chi connectivity index (χ0v) is 12.6. The van der Waals surface area contributed by atoms with Gasteiger partial charge < -0.3 is 14.4 Å². The van der Waals surface area contributed by atoms with Crippen molar-refractivity contribution in [3.63, 3.8) is 0 Å². The van der Waals surface area contributed by atoms with Crippen molar-refractivity contribution in [3.05, 3.63) is 36.7 Å². The van der Waals surface area contributed by atoms with Gasteiger partial charge in [0.2, 0.25) is 0 Å². The lowest BCUT2D eigenvalue weighted by molar-refractivity contribution is 0.313. The molecule has 1 saturated heterocycles. The molecule has 3 heterocycles. The molecular formula is C17H20N4. The van der Waals surface area contributed by atoms with Gasteiger partial charge in [-0.15, -0.1) is 0 Å². The normalized spacial score (nSPS) is 17.0. The first kappa shape index (κ1) is 12.7. The summed E-state index contributed by atoms with van der Waals surface area (Å²) in [5, 5.41) is 2.53. The van der Waals surface area contributed by atoms with Gasteiger partial charge in [0.05, 0.1) is 11.0 Å². The number of rotatable bonds is 1. The van der Waals surface area contributed by atoms with E-state index >= 15 is 0 Å². The van der Waals surface area contributed by atoms with Gasteiger partial charge in [-0.25, -0.2) is 0 Å². The van der Waals surface area contributed by atoms with Gasteiger partial charge in [0.25, 0.3) is 0 Å². The van der Waals surface area contributed by atoms with Crippen LogP contribution in [0.25, 0.3) is 21.8 Å². The van der Waals surface area contributed by atoms with Gasteiger partial charge in [-0.2, -0.15) is 0 Å². The highest BCUT2D eigenvalue weighted by Crippen LogP contribution is 2.30. The summed E-state index contributed by atoms with van der Waals surface area (Å²) < 4.78 is 2.27. The minimum absolute atomic E-state index is 1.10. The van der Waals surface area contributed by atoms with Gasteiger partial charge in [-0.05, 0) is 25.2 Å². The van der Waals surface area contributed by atoms with Gasteiger partial charge in [0.1, 0.15) is 0 Å². The van der Waals surface area contributed by atoms with Crippen LogP contribution in [0.1, 0.15) is 0 Å². The molecule has 1 aliphatic rings. The Morgan fingerprint density at radius 2 is 1.71 bits per heavy atom. The second-order valence-electron chi connectivity index (χ2n) is 5.94. The summed E-state index contributed by atoms with van der Waals surface area (Å²) in [4.78, 5) is 9.14. The maximum atomic E-state index is 4.27. The number of fused-ring (bicyclic) bond motifs is 3. The van der Waals surface area contributed by atoms with E-state index in [-0.39, 0.29) is 0 Å². The van der Waals surface area contributed by atoms with Crippen LogP contribution in [0.5, 0.6) is 0 Å². The third-order valence-corrected chi connectivity index (χ3v) is 4.66. The molecule has 0 radical (unpaired) electrons. The largest absolute Gasteiger partial charge is 0.369 e. The molecule has 4 rings (SSSR count). The van der Waals surface area contributed by atoms with Crippen LogP contribution in [-0.4, -0.2) is 47.7 Å². The molecule has 3 aromatic rings. The minimum Gasteiger partial charge on any atom is -0.369 e. The number of nitrogens with zero attached hydrogens (tertiary/aromatic N) is 4. The fourth-order valence-corrected chi connectivity index (χ4v) is 3.30. The SMILES string of the molecule is CN1CCN(c2ccc3c4cnccc4n(C)c3c2)CC1. The van der Waals surface area contributed by atoms with E-state index in [0.29, 0.717) is 0 Å². The van der Waals surface area contributed by atoms with Gasteiger partial charge in [0.15, 0.2) is 0 Å². The standard InChI is InChI=1S/C17H20N4/c1-19-7-9-21(10-8-19)13-3-4-14-15-12-18-6-5-16(15)20(2)17(14)11-13/h3-6,11-12H,7-10H2,1-2H3. The molecule has 108 valence electrons. The van der Waals surface area contributed by atoms with Crippen molar-refractivity contribution in [2.75, 3.05) is 38.1 Å². The molecular weight excluding hydrogens is 260 g/mol. The lowest BCUT2D eigenvalue weighted by atomic mass is 10.1. The van der Waals surface area contributed by atoms with Crippen LogP contribution in [0.2, 0.25) is 0 Å². The molecule has 0 spiro atoms. The smallest absolute Gasteiger partial charge is 0.0519 e. The number of aryl methyl sites for hydroxylation is 1. The Kier molecular flexibility index (Phi) is 2.86. The van der Waals surface area contributed by atoms with Gasteiger partial charge >= 0.3 is 0 Å². The van der Waals surface area contributed by atoms with E-state index < -0.39 is 0 Å². The van der Waals surface area contributed by atoms with Crippen molar-refractivity contribution in [2.45, 2.75) is 0 Å². The lowest BCUT2D eigenvalue weighted by Gasteiger charge is -2.34. The third-order valence-electron chi connectivity index (χ3n) is 4.66. The first-order chi connectivity index (χ1) is 10.2. The Morgan fingerprint density at radius 1 is 0.905 bits per heavy atom. The predicted molar refractivity (Wildman–Crippen MR) is 87.9 cm³/mol. The number of aromatic nitrogens is 2. The summed E-state index contributed by atoms with van der Waals surface area (Å²) in [5.41, 5.74) is 3.86. The molecule has 2 aromatic heterocycles. The molecule has 0 saturated carbocycles. The van der Waals surface area contributed by atoms with Gasteiger partial charge in [-0.3, -0.25) is 4.98 Å². The number of hydrogen-bond donors (Lipinski definition) is 0. The van der Waals surface area contributed by atoms with E-state index in [0.717, 1.165) is 26.2 Å². The monoisotopic (exact) mass is 280 g/mol. The Morgan fingerprint density at radius 3 is 2.52 bits per heavy atom. The molecule has 0 aliphatic carbocycles. The molecule has 4 nitrogen and oxygen atoms in total. The van der Waals surface area contributed by atoms with E-state index in [1.54, 1.807) is 0 Å². The highest BCUT2D eigenvalue weighted by atomic mass is 15.2. The molecule has 1 fully saturated rings. The van der Waals surface area contributed by atoms with Crippen molar-refractivity contribution < 1.29 is 0 Å². The zero-order chi connectivity index (χ0) is 14.4. The number of likely N-dealkylation sites (N-methyl/N-ethyl adjacent to an activating group) is 1. The summed E-state index contributed by atoms with van der Waals surface area (Å²) in [6.45, 7) is 4.48. The van der Waals surface area contributed by atoms with Gasteiger partial charge in [0, 0.05) is 62.1 Å². The van der Waals surface area contributed by atoms with Crippen LogP contribution in [0.3, 0.4) is 0 Å². The maximum absolute atomic E-state index is 4.27. The van der Waals surface area contributed by atoms with E-state index in [1.807, 2.05) is 12.4 Å². The van der Waals surface area contributed by atoms with Crippen LogP contribution in [0.4, 0.5) is 5.69 Å². The van der Waals surface area contributed by atoms with Crippen LogP contribution >= 0.6 is 0 Å². The Bertz CT molecular complexity index is 797. The molecule has 1 aromatic carbocycles. The zero-order valence-electron chi connectivity index (χ0n) is 12.6. The fraction of sp³-hybridized carbons (Fsp3) is 0.353. The van der Waals surface area contributed by atoms with Crippen molar-refractivity contribution in [3.8, 4) is 0 Å². The van der Waals surface area contributed by atoms with Gasteiger partial charge in [-0.1, -0.05) is 6.07 Å². The van der Waals surface area contributed by atoms with Crippen molar-refractivity contribution >= 4 is 27.5 Å². The molecule has 21 heavy (non-hydrogen) atoms. The number of benzene rings is 1. The summed E-state index contributed by atoms with van der Waals surface area (Å²) in [7, 11) is 4.33. The van der Waals surface area contributed by atoms with Crippen LogP contribution in [-0.2, 0) is 7.05 Å².